The van der Waals surface area contributed by atoms with Crippen molar-refractivity contribution in [3.05, 3.63) is 99.8 Å². The number of nitrogens with zero attached hydrogens (tertiary/aromatic N) is 2. The third-order valence-electron chi connectivity index (χ3n) is 7.33. The molecule has 0 N–H and O–H groups in total. The first-order valence-corrected chi connectivity index (χ1v) is 13.3. The first-order chi connectivity index (χ1) is 17.7. The van der Waals surface area contributed by atoms with Crippen molar-refractivity contribution < 1.29 is 13.9 Å². The van der Waals surface area contributed by atoms with Crippen LogP contribution in [0, 0.1) is 25.1 Å². The Morgan fingerprint density at radius 1 is 1.08 bits per heavy atom. The van der Waals surface area contributed by atoms with E-state index in [1.807, 2.05) is 75.5 Å². The molecule has 1 heterocycles. The van der Waals surface area contributed by atoms with Gasteiger partial charge in [0.15, 0.2) is 0 Å². The topological polar surface area (TPSA) is 32.8 Å². The molecule has 1 unspecified atom stereocenters. The molecule has 1 atom stereocenters. The van der Waals surface area contributed by atoms with Crippen molar-refractivity contribution in [3.8, 4) is 5.75 Å². The molecule has 6 heteroatoms. The minimum Gasteiger partial charge on any atom is -0.493 e. The second kappa shape index (κ2) is 12.1. The maximum atomic E-state index is 14.0. The van der Waals surface area contributed by atoms with E-state index in [0.717, 1.165) is 47.4 Å². The quantitative estimate of drug-likeness (QED) is 0.309. The van der Waals surface area contributed by atoms with Crippen LogP contribution < -0.4 is 4.74 Å². The normalized spacial score (nSPS) is 18.0. The first-order valence-electron chi connectivity index (χ1n) is 12.9. The van der Waals surface area contributed by atoms with Crippen molar-refractivity contribution >= 4 is 17.5 Å². The number of aryl methyl sites for hydroxylation is 2. The molecule has 0 spiro atoms. The van der Waals surface area contributed by atoms with Gasteiger partial charge >= 0.3 is 0 Å². The summed E-state index contributed by atoms with van der Waals surface area (Å²) in [6.07, 6.45) is 2.23. The van der Waals surface area contributed by atoms with Crippen LogP contribution in [-0.4, -0.2) is 42.5 Å². The summed E-state index contributed by atoms with van der Waals surface area (Å²) in [5.74, 6) is 0.635. The number of hydrogen-bond acceptors (Lipinski definition) is 3. The van der Waals surface area contributed by atoms with Crippen molar-refractivity contribution in [1.82, 2.24) is 9.80 Å². The Bertz CT molecular complexity index is 1220. The molecule has 0 bridgehead atoms. The fourth-order valence-electron chi connectivity index (χ4n) is 5.15. The van der Waals surface area contributed by atoms with Gasteiger partial charge in [-0.1, -0.05) is 48.0 Å². The summed E-state index contributed by atoms with van der Waals surface area (Å²) < 4.78 is 20.3. The molecular weight excluding hydrogens is 487 g/mol. The van der Waals surface area contributed by atoms with Crippen LogP contribution in [0.15, 0.2) is 66.7 Å². The maximum absolute atomic E-state index is 14.0. The molecule has 0 radical (unpaired) electrons. The van der Waals surface area contributed by atoms with Crippen LogP contribution in [0.5, 0.6) is 5.75 Å². The van der Waals surface area contributed by atoms with Gasteiger partial charge < -0.3 is 9.64 Å². The summed E-state index contributed by atoms with van der Waals surface area (Å²) in [7, 11) is 1.86. The number of amides is 1. The SMILES string of the molecule is Cc1cc(OCC2(CC(=O)N(C)Cc3ccccc3)CCCN(Cc3cc(F)ccc3C)C2)ccc1Cl. The molecule has 4 rings (SSSR count). The Balaban J connectivity index is 1.52. The molecule has 37 heavy (non-hydrogen) atoms. The molecule has 1 amide bonds. The van der Waals surface area contributed by atoms with E-state index in [1.165, 1.54) is 6.07 Å². The van der Waals surface area contributed by atoms with E-state index in [0.29, 0.717) is 37.7 Å². The van der Waals surface area contributed by atoms with Gasteiger partial charge in [-0.15, -0.1) is 0 Å². The summed E-state index contributed by atoms with van der Waals surface area (Å²) in [6, 6.07) is 20.7. The molecular formula is C31H36ClFN2O2. The number of hydrogen-bond donors (Lipinski definition) is 0. The molecule has 1 fully saturated rings. The molecule has 0 aliphatic carbocycles. The Kier molecular flexibility index (Phi) is 8.88. The van der Waals surface area contributed by atoms with E-state index in [-0.39, 0.29) is 17.1 Å². The van der Waals surface area contributed by atoms with Crippen molar-refractivity contribution in [1.29, 1.82) is 0 Å². The summed E-state index contributed by atoms with van der Waals surface area (Å²) in [5, 5.41) is 0.703. The molecule has 1 aliphatic rings. The highest BCUT2D eigenvalue weighted by molar-refractivity contribution is 6.31. The predicted octanol–water partition coefficient (Wildman–Crippen LogP) is 6.81. The number of benzene rings is 3. The van der Waals surface area contributed by atoms with Crippen LogP contribution in [0.3, 0.4) is 0 Å². The lowest BCUT2D eigenvalue weighted by atomic mass is 9.77. The minimum atomic E-state index is -0.352. The zero-order valence-electron chi connectivity index (χ0n) is 22.0. The Labute approximate surface area is 225 Å². The number of halogens is 2. The fourth-order valence-corrected chi connectivity index (χ4v) is 5.27. The van der Waals surface area contributed by atoms with Crippen molar-refractivity contribution in [2.75, 3.05) is 26.7 Å². The predicted molar refractivity (Wildman–Crippen MR) is 147 cm³/mol. The summed E-state index contributed by atoms with van der Waals surface area (Å²) in [6.45, 7) is 7.24. The average molecular weight is 523 g/mol. The van der Waals surface area contributed by atoms with E-state index >= 15 is 0 Å². The molecule has 1 saturated heterocycles. The fraction of sp³-hybridized carbons (Fsp3) is 0.387. The van der Waals surface area contributed by atoms with Crippen LogP contribution in [0.4, 0.5) is 4.39 Å². The maximum Gasteiger partial charge on any atom is 0.223 e. The standard InChI is InChI=1S/C31H36ClFN2O2/c1-23-10-11-27(33)17-26(23)20-35-15-7-14-31(21-35,22-37-28-12-13-29(32)24(2)16-28)18-30(36)34(3)19-25-8-5-4-6-9-25/h4-6,8-13,16-17H,7,14-15,18-22H2,1-3H3. The number of carbonyl (C=O) groups is 1. The zero-order valence-corrected chi connectivity index (χ0v) is 22.7. The van der Waals surface area contributed by atoms with Gasteiger partial charge in [-0.25, -0.2) is 4.39 Å². The van der Waals surface area contributed by atoms with E-state index in [4.69, 9.17) is 16.3 Å². The van der Waals surface area contributed by atoms with Crippen LogP contribution in [0.25, 0.3) is 0 Å². The van der Waals surface area contributed by atoms with Gasteiger partial charge in [0.2, 0.25) is 5.91 Å². The van der Waals surface area contributed by atoms with Crippen LogP contribution in [0.1, 0.15) is 41.5 Å². The molecule has 3 aromatic carbocycles. The van der Waals surface area contributed by atoms with Crippen LogP contribution in [0.2, 0.25) is 5.02 Å². The number of piperidine rings is 1. The molecule has 0 aromatic heterocycles. The molecule has 1 aliphatic heterocycles. The van der Waals surface area contributed by atoms with Gasteiger partial charge in [0.05, 0.1) is 6.61 Å². The Hall–Kier alpha value is -2.89. The Morgan fingerprint density at radius 3 is 2.62 bits per heavy atom. The number of likely N-dealkylation sites (tertiary alicyclic amines) is 1. The second-order valence-corrected chi connectivity index (χ2v) is 10.9. The largest absolute Gasteiger partial charge is 0.493 e. The lowest BCUT2D eigenvalue weighted by molar-refractivity contribution is -0.135. The van der Waals surface area contributed by atoms with Crippen molar-refractivity contribution in [3.63, 3.8) is 0 Å². The van der Waals surface area contributed by atoms with E-state index < -0.39 is 0 Å². The number of ether oxygens (including phenoxy) is 1. The molecule has 4 nitrogen and oxygen atoms in total. The van der Waals surface area contributed by atoms with Crippen LogP contribution in [-0.2, 0) is 17.9 Å². The van der Waals surface area contributed by atoms with Gasteiger partial charge in [0, 0.05) is 43.5 Å². The summed E-state index contributed by atoms with van der Waals surface area (Å²) >= 11 is 6.21. The van der Waals surface area contributed by atoms with Crippen LogP contribution >= 0.6 is 11.6 Å². The highest BCUT2D eigenvalue weighted by Crippen LogP contribution is 2.36. The average Bonchev–Trinajstić information content (AvgIpc) is 2.88. The highest BCUT2D eigenvalue weighted by Gasteiger charge is 2.39. The van der Waals surface area contributed by atoms with Gasteiger partial charge in [-0.3, -0.25) is 9.69 Å². The lowest BCUT2D eigenvalue weighted by Gasteiger charge is -2.43. The zero-order chi connectivity index (χ0) is 26.4. The van der Waals surface area contributed by atoms with Gasteiger partial charge in [0.1, 0.15) is 11.6 Å². The summed E-state index contributed by atoms with van der Waals surface area (Å²) in [4.78, 5) is 17.6. The summed E-state index contributed by atoms with van der Waals surface area (Å²) in [5.41, 5.74) is 3.77. The monoisotopic (exact) mass is 522 g/mol. The third kappa shape index (κ3) is 7.33. The smallest absolute Gasteiger partial charge is 0.223 e. The molecule has 3 aromatic rings. The minimum absolute atomic E-state index is 0.100. The van der Waals surface area contributed by atoms with Gasteiger partial charge in [-0.2, -0.15) is 0 Å². The second-order valence-electron chi connectivity index (χ2n) is 10.5. The Morgan fingerprint density at radius 2 is 1.86 bits per heavy atom. The van der Waals surface area contributed by atoms with Crippen molar-refractivity contribution in [2.45, 2.75) is 46.2 Å². The molecule has 196 valence electrons. The lowest BCUT2D eigenvalue weighted by Crippen LogP contribution is -2.48. The number of rotatable bonds is 9. The van der Waals surface area contributed by atoms with E-state index in [9.17, 15) is 9.18 Å². The van der Waals surface area contributed by atoms with Gasteiger partial charge in [-0.05, 0) is 85.8 Å². The highest BCUT2D eigenvalue weighted by atomic mass is 35.5. The number of carbonyl (C=O) groups excluding carboxylic acids is 1. The first kappa shape index (κ1) is 27.2. The third-order valence-corrected chi connectivity index (χ3v) is 7.76. The molecule has 0 saturated carbocycles. The van der Waals surface area contributed by atoms with E-state index in [1.54, 1.807) is 11.0 Å². The van der Waals surface area contributed by atoms with Crippen molar-refractivity contribution in [2.24, 2.45) is 5.41 Å². The van der Waals surface area contributed by atoms with E-state index in [2.05, 4.69) is 4.90 Å². The van der Waals surface area contributed by atoms with Gasteiger partial charge in [0.25, 0.3) is 0 Å².